The molecular weight excluding hydrogens is 257 g/mol. The fraction of sp³-hybridized carbons (Fsp3) is 0.250. The highest BCUT2D eigenvalue weighted by molar-refractivity contribution is 5.47. The highest BCUT2D eigenvalue weighted by Gasteiger charge is 2.18. The van der Waals surface area contributed by atoms with Gasteiger partial charge in [0.05, 0.1) is 20.3 Å². The second-order valence-corrected chi connectivity index (χ2v) is 4.61. The van der Waals surface area contributed by atoms with Crippen molar-refractivity contribution in [2.24, 2.45) is 5.73 Å². The van der Waals surface area contributed by atoms with E-state index in [2.05, 4.69) is 0 Å². The van der Waals surface area contributed by atoms with Crippen LogP contribution in [0.2, 0.25) is 0 Å². The minimum atomic E-state index is -0.517. The molecule has 20 heavy (non-hydrogen) atoms. The van der Waals surface area contributed by atoms with Gasteiger partial charge in [-0.15, -0.1) is 0 Å². The summed E-state index contributed by atoms with van der Waals surface area (Å²) in [4.78, 5) is 0. The summed E-state index contributed by atoms with van der Waals surface area (Å²) in [6.45, 7) is 1.97. The Kier molecular flexibility index (Phi) is 4.25. The van der Waals surface area contributed by atoms with E-state index in [4.69, 9.17) is 15.2 Å². The molecule has 0 heterocycles. The number of benzene rings is 2. The molecule has 0 saturated heterocycles. The van der Waals surface area contributed by atoms with Gasteiger partial charge in [-0.2, -0.15) is 0 Å². The second kappa shape index (κ2) is 5.92. The Labute approximate surface area is 118 Å². The average Bonchev–Trinajstić information content (AvgIpc) is 2.46. The topological polar surface area (TPSA) is 44.5 Å². The van der Waals surface area contributed by atoms with Crippen LogP contribution in [0, 0.1) is 12.7 Å². The predicted octanol–water partition coefficient (Wildman–Crippen LogP) is 3.20. The van der Waals surface area contributed by atoms with Gasteiger partial charge in [-0.1, -0.05) is 12.1 Å². The molecule has 106 valence electrons. The molecule has 0 amide bonds. The van der Waals surface area contributed by atoms with Crippen molar-refractivity contribution in [3.05, 3.63) is 58.9 Å². The number of methoxy groups -OCH3 is 2. The first-order chi connectivity index (χ1) is 9.56. The van der Waals surface area contributed by atoms with Crippen LogP contribution in [0.4, 0.5) is 4.39 Å². The lowest BCUT2D eigenvalue weighted by Gasteiger charge is -2.19. The van der Waals surface area contributed by atoms with Crippen LogP contribution in [-0.4, -0.2) is 14.2 Å². The van der Waals surface area contributed by atoms with Crippen molar-refractivity contribution in [1.82, 2.24) is 0 Å². The molecule has 1 unspecified atom stereocenters. The molecule has 0 fully saturated rings. The zero-order valence-electron chi connectivity index (χ0n) is 11.8. The number of rotatable bonds is 4. The lowest BCUT2D eigenvalue weighted by Crippen LogP contribution is -2.14. The Hall–Kier alpha value is -2.07. The van der Waals surface area contributed by atoms with E-state index in [1.165, 1.54) is 19.2 Å². The standard InChI is InChI=1S/C16H18FNO2/c1-10-4-6-12(15(8-10)20-3)16(18)13-9-11(17)5-7-14(13)19-2/h4-9,16H,18H2,1-3H3. The molecule has 2 rings (SSSR count). The maximum atomic E-state index is 13.5. The highest BCUT2D eigenvalue weighted by Crippen LogP contribution is 2.34. The number of hydrogen-bond acceptors (Lipinski definition) is 3. The van der Waals surface area contributed by atoms with E-state index in [0.29, 0.717) is 17.1 Å². The quantitative estimate of drug-likeness (QED) is 0.932. The highest BCUT2D eigenvalue weighted by atomic mass is 19.1. The zero-order valence-corrected chi connectivity index (χ0v) is 11.8. The van der Waals surface area contributed by atoms with Gasteiger partial charge in [0.25, 0.3) is 0 Å². The zero-order chi connectivity index (χ0) is 14.7. The number of ether oxygens (including phenoxy) is 2. The minimum Gasteiger partial charge on any atom is -0.496 e. The first-order valence-electron chi connectivity index (χ1n) is 6.30. The van der Waals surface area contributed by atoms with Gasteiger partial charge in [-0.05, 0) is 36.8 Å². The average molecular weight is 275 g/mol. The Morgan fingerprint density at radius 3 is 2.30 bits per heavy atom. The van der Waals surface area contributed by atoms with Crippen molar-refractivity contribution in [1.29, 1.82) is 0 Å². The molecule has 1 atom stereocenters. The number of nitrogens with two attached hydrogens (primary N) is 1. The summed E-state index contributed by atoms with van der Waals surface area (Å²) in [5.41, 5.74) is 8.72. The molecule has 4 heteroatoms. The van der Waals surface area contributed by atoms with Crippen LogP contribution in [0.15, 0.2) is 36.4 Å². The molecule has 0 bridgehead atoms. The fourth-order valence-corrected chi connectivity index (χ4v) is 2.19. The lowest BCUT2D eigenvalue weighted by atomic mass is 9.96. The van der Waals surface area contributed by atoms with E-state index in [1.54, 1.807) is 13.2 Å². The number of halogens is 1. The van der Waals surface area contributed by atoms with E-state index in [0.717, 1.165) is 11.1 Å². The molecule has 0 spiro atoms. The maximum Gasteiger partial charge on any atom is 0.124 e. The van der Waals surface area contributed by atoms with Gasteiger partial charge in [0.1, 0.15) is 17.3 Å². The maximum absolute atomic E-state index is 13.5. The van der Waals surface area contributed by atoms with Gasteiger partial charge in [-0.25, -0.2) is 4.39 Å². The van der Waals surface area contributed by atoms with Crippen LogP contribution in [0.25, 0.3) is 0 Å². The molecule has 0 aliphatic rings. The molecule has 2 aromatic carbocycles. The first-order valence-corrected chi connectivity index (χ1v) is 6.30. The van der Waals surface area contributed by atoms with Crippen molar-refractivity contribution in [3.63, 3.8) is 0 Å². The predicted molar refractivity (Wildman–Crippen MR) is 76.7 cm³/mol. The molecule has 0 aliphatic heterocycles. The van der Waals surface area contributed by atoms with Crippen LogP contribution < -0.4 is 15.2 Å². The lowest BCUT2D eigenvalue weighted by molar-refractivity contribution is 0.399. The van der Waals surface area contributed by atoms with Crippen LogP contribution in [0.3, 0.4) is 0 Å². The second-order valence-electron chi connectivity index (χ2n) is 4.61. The van der Waals surface area contributed by atoms with Crippen molar-refractivity contribution >= 4 is 0 Å². The summed E-state index contributed by atoms with van der Waals surface area (Å²) >= 11 is 0. The van der Waals surface area contributed by atoms with Gasteiger partial charge in [0, 0.05) is 11.1 Å². The Bertz CT molecular complexity index is 613. The molecular formula is C16H18FNO2. The molecule has 2 aromatic rings. The normalized spacial score (nSPS) is 12.1. The Morgan fingerprint density at radius 2 is 1.65 bits per heavy atom. The van der Waals surface area contributed by atoms with E-state index in [-0.39, 0.29) is 5.82 Å². The van der Waals surface area contributed by atoms with E-state index >= 15 is 0 Å². The number of hydrogen-bond donors (Lipinski definition) is 1. The summed E-state index contributed by atoms with van der Waals surface area (Å²) in [6.07, 6.45) is 0. The van der Waals surface area contributed by atoms with Crippen LogP contribution in [-0.2, 0) is 0 Å². The molecule has 0 aromatic heterocycles. The van der Waals surface area contributed by atoms with Gasteiger partial charge >= 0.3 is 0 Å². The molecule has 3 nitrogen and oxygen atoms in total. The van der Waals surface area contributed by atoms with Gasteiger partial charge < -0.3 is 15.2 Å². The molecule has 0 aliphatic carbocycles. The summed E-state index contributed by atoms with van der Waals surface area (Å²) in [6, 6.07) is 9.54. The molecule has 0 radical (unpaired) electrons. The van der Waals surface area contributed by atoms with E-state index in [9.17, 15) is 4.39 Å². The van der Waals surface area contributed by atoms with Gasteiger partial charge in [-0.3, -0.25) is 0 Å². The summed E-state index contributed by atoms with van der Waals surface area (Å²) in [5.74, 6) is 0.896. The van der Waals surface area contributed by atoms with E-state index in [1.807, 2.05) is 25.1 Å². The Morgan fingerprint density at radius 1 is 0.950 bits per heavy atom. The smallest absolute Gasteiger partial charge is 0.124 e. The van der Waals surface area contributed by atoms with Crippen LogP contribution in [0.1, 0.15) is 22.7 Å². The summed E-state index contributed by atoms with van der Waals surface area (Å²) in [7, 11) is 3.13. The van der Waals surface area contributed by atoms with Crippen LogP contribution in [0.5, 0.6) is 11.5 Å². The van der Waals surface area contributed by atoms with Gasteiger partial charge in [0.15, 0.2) is 0 Å². The third-order valence-electron chi connectivity index (χ3n) is 3.25. The van der Waals surface area contributed by atoms with Crippen molar-refractivity contribution in [3.8, 4) is 11.5 Å². The minimum absolute atomic E-state index is 0.345. The summed E-state index contributed by atoms with van der Waals surface area (Å²) in [5, 5.41) is 0. The Balaban J connectivity index is 2.51. The third-order valence-corrected chi connectivity index (χ3v) is 3.25. The third kappa shape index (κ3) is 2.75. The summed E-state index contributed by atoms with van der Waals surface area (Å²) < 4.78 is 24.1. The molecule has 0 saturated carbocycles. The van der Waals surface area contributed by atoms with Gasteiger partial charge in [0.2, 0.25) is 0 Å². The fourth-order valence-electron chi connectivity index (χ4n) is 2.19. The first kappa shape index (κ1) is 14.3. The molecule has 2 N–H and O–H groups in total. The monoisotopic (exact) mass is 275 g/mol. The van der Waals surface area contributed by atoms with Crippen molar-refractivity contribution < 1.29 is 13.9 Å². The number of aryl methyl sites for hydroxylation is 1. The SMILES string of the molecule is COc1cc(C)ccc1C(N)c1cc(F)ccc1OC. The largest absolute Gasteiger partial charge is 0.496 e. The van der Waals surface area contributed by atoms with E-state index < -0.39 is 6.04 Å². The van der Waals surface area contributed by atoms with Crippen molar-refractivity contribution in [2.75, 3.05) is 14.2 Å². The van der Waals surface area contributed by atoms with Crippen molar-refractivity contribution in [2.45, 2.75) is 13.0 Å². The van der Waals surface area contributed by atoms with Crippen LogP contribution >= 0.6 is 0 Å².